The van der Waals surface area contributed by atoms with Crippen LogP contribution in [0.25, 0.3) is 10.8 Å². The summed E-state index contributed by atoms with van der Waals surface area (Å²) in [6.07, 6.45) is 0. The number of benzene rings is 2. The number of fused-ring (bicyclic) bond motifs is 1. The van der Waals surface area contributed by atoms with Crippen molar-refractivity contribution < 1.29 is 18.9 Å². The maximum absolute atomic E-state index is 5.49. The van der Waals surface area contributed by atoms with E-state index in [4.69, 9.17) is 18.9 Å². The third kappa shape index (κ3) is 3.25. The van der Waals surface area contributed by atoms with Crippen molar-refractivity contribution in [3.8, 4) is 11.5 Å². The van der Waals surface area contributed by atoms with Gasteiger partial charge in [-0.05, 0) is 56.1 Å². The second-order valence-corrected chi connectivity index (χ2v) is 5.54. The van der Waals surface area contributed by atoms with Crippen molar-refractivity contribution >= 4 is 42.6 Å². The normalized spacial score (nSPS) is 10.8. The fourth-order valence-corrected chi connectivity index (χ4v) is 2.94. The molecule has 2 aromatic carbocycles. The summed E-state index contributed by atoms with van der Waals surface area (Å²) in [5, 5.41) is 2.05. The Morgan fingerprint density at radius 3 is 1.50 bits per heavy atom. The van der Waals surface area contributed by atoms with Gasteiger partial charge in [0.05, 0.1) is 8.95 Å². The van der Waals surface area contributed by atoms with Crippen LogP contribution in [0.2, 0.25) is 0 Å². The topological polar surface area (TPSA) is 36.9 Å². The Labute approximate surface area is 134 Å². The van der Waals surface area contributed by atoms with E-state index in [0.29, 0.717) is 0 Å². The van der Waals surface area contributed by atoms with Gasteiger partial charge >= 0.3 is 0 Å². The Bertz CT molecular complexity index is 548. The monoisotopic (exact) mass is 404 g/mol. The molecule has 0 N–H and O–H groups in total. The quantitative estimate of drug-likeness (QED) is 0.670. The highest BCUT2D eigenvalue weighted by Gasteiger charge is 2.12. The van der Waals surface area contributed by atoms with Crippen LogP contribution >= 0.6 is 31.9 Å². The lowest BCUT2D eigenvalue weighted by atomic mass is 10.1. The highest BCUT2D eigenvalue weighted by Crippen LogP contribution is 2.40. The molecule has 0 saturated heterocycles. The molecule has 0 heterocycles. The van der Waals surface area contributed by atoms with E-state index in [9.17, 15) is 0 Å². The average Bonchev–Trinajstić information content (AvgIpc) is 2.46. The van der Waals surface area contributed by atoms with E-state index in [1.54, 1.807) is 14.2 Å². The van der Waals surface area contributed by atoms with Gasteiger partial charge in [0.2, 0.25) is 0 Å². The summed E-state index contributed by atoms with van der Waals surface area (Å²) in [6.45, 7) is 0.417. The van der Waals surface area contributed by atoms with Crippen LogP contribution in [0.4, 0.5) is 0 Å². The molecular weight excluding hydrogens is 392 g/mol. The van der Waals surface area contributed by atoms with Gasteiger partial charge in [0.15, 0.2) is 13.6 Å². The van der Waals surface area contributed by atoms with Crippen molar-refractivity contribution in [1.82, 2.24) is 0 Å². The molecule has 0 aliphatic rings. The molecule has 6 heteroatoms. The van der Waals surface area contributed by atoms with Crippen LogP contribution in [0.1, 0.15) is 0 Å². The van der Waals surface area contributed by atoms with Crippen molar-refractivity contribution in [1.29, 1.82) is 0 Å². The van der Waals surface area contributed by atoms with E-state index in [-0.39, 0.29) is 13.6 Å². The fraction of sp³-hybridized carbons (Fsp3) is 0.286. The predicted octanol–water partition coefficient (Wildman–Crippen LogP) is 4.33. The molecule has 108 valence electrons. The number of hydrogen-bond donors (Lipinski definition) is 0. The van der Waals surface area contributed by atoms with E-state index in [0.717, 1.165) is 31.2 Å². The minimum atomic E-state index is 0.209. The van der Waals surface area contributed by atoms with Gasteiger partial charge in [-0.1, -0.05) is 0 Å². The number of hydrogen-bond acceptors (Lipinski definition) is 4. The number of ether oxygens (including phenoxy) is 4. The number of rotatable bonds is 6. The van der Waals surface area contributed by atoms with Crippen LogP contribution in [0.15, 0.2) is 33.2 Å². The molecule has 2 aromatic rings. The van der Waals surface area contributed by atoms with Crippen LogP contribution in [0.5, 0.6) is 11.5 Å². The van der Waals surface area contributed by atoms with Gasteiger partial charge in [0.25, 0.3) is 0 Å². The summed E-state index contributed by atoms with van der Waals surface area (Å²) in [4.78, 5) is 0. The molecule has 0 bridgehead atoms. The second-order valence-electron chi connectivity index (χ2n) is 3.95. The number of methoxy groups -OCH3 is 2. The summed E-state index contributed by atoms with van der Waals surface area (Å²) in [5.74, 6) is 1.47. The van der Waals surface area contributed by atoms with Crippen LogP contribution in [0, 0.1) is 0 Å². The summed E-state index contributed by atoms with van der Waals surface area (Å²) in [6, 6.07) is 7.70. The molecule has 0 aliphatic heterocycles. The van der Waals surface area contributed by atoms with Crippen molar-refractivity contribution in [2.45, 2.75) is 0 Å². The zero-order valence-corrected chi connectivity index (χ0v) is 14.3. The number of halogens is 2. The smallest absolute Gasteiger partial charge is 0.188 e. The molecule has 0 fully saturated rings. The van der Waals surface area contributed by atoms with E-state index in [2.05, 4.69) is 31.9 Å². The lowest BCUT2D eigenvalue weighted by Gasteiger charge is -2.13. The Hall–Kier alpha value is -0.820. The van der Waals surface area contributed by atoms with E-state index >= 15 is 0 Å². The molecule has 0 unspecified atom stereocenters. The van der Waals surface area contributed by atoms with Crippen molar-refractivity contribution in [2.24, 2.45) is 0 Å². The Morgan fingerprint density at radius 1 is 0.750 bits per heavy atom. The first-order chi connectivity index (χ1) is 9.69. The van der Waals surface area contributed by atoms with Crippen LogP contribution < -0.4 is 9.47 Å². The summed E-state index contributed by atoms with van der Waals surface area (Å²) < 4.78 is 22.6. The van der Waals surface area contributed by atoms with Crippen LogP contribution in [0.3, 0.4) is 0 Å². The summed E-state index contributed by atoms with van der Waals surface area (Å²) in [7, 11) is 3.18. The maximum atomic E-state index is 5.49. The molecule has 0 spiro atoms. The minimum absolute atomic E-state index is 0.209. The Kier molecular flexibility index (Phi) is 5.65. The lowest BCUT2D eigenvalue weighted by Crippen LogP contribution is -2.01. The largest absolute Gasteiger partial charge is 0.466 e. The van der Waals surface area contributed by atoms with E-state index < -0.39 is 0 Å². The molecule has 0 saturated carbocycles. The zero-order valence-electron chi connectivity index (χ0n) is 11.1. The zero-order chi connectivity index (χ0) is 14.5. The Balaban J connectivity index is 2.42. The molecule has 4 nitrogen and oxygen atoms in total. The molecular formula is C14H14Br2O4. The minimum Gasteiger partial charge on any atom is -0.466 e. The van der Waals surface area contributed by atoms with E-state index in [1.807, 2.05) is 24.3 Å². The van der Waals surface area contributed by atoms with Crippen molar-refractivity contribution in [3.63, 3.8) is 0 Å². The summed E-state index contributed by atoms with van der Waals surface area (Å²) >= 11 is 7.11. The van der Waals surface area contributed by atoms with Gasteiger partial charge in [0, 0.05) is 25.0 Å². The van der Waals surface area contributed by atoms with E-state index in [1.165, 1.54) is 0 Å². The van der Waals surface area contributed by atoms with Gasteiger partial charge in [-0.2, -0.15) is 0 Å². The molecule has 0 aromatic heterocycles. The molecule has 2 rings (SSSR count). The first-order valence-corrected chi connectivity index (χ1v) is 7.41. The van der Waals surface area contributed by atoms with Gasteiger partial charge in [-0.25, -0.2) is 0 Å². The van der Waals surface area contributed by atoms with Crippen LogP contribution in [-0.4, -0.2) is 27.8 Å². The third-order valence-electron chi connectivity index (χ3n) is 2.66. The molecule has 0 radical (unpaired) electrons. The summed E-state index contributed by atoms with van der Waals surface area (Å²) in [5.41, 5.74) is 0. The van der Waals surface area contributed by atoms with Gasteiger partial charge in [-0.15, -0.1) is 0 Å². The molecule has 0 amide bonds. The highest BCUT2D eigenvalue weighted by molar-refractivity contribution is 9.11. The molecule has 0 atom stereocenters. The van der Waals surface area contributed by atoms with Crippen molar-refractivity contribution in [3.05, 3.63) is 33.2 Å². The van der Waals surface area contributed by atoms with Crippen molar-refractivity contribution in [2.75, 3.05) is 27.8 Å². The third-order valence-corrected chi connectivity index (χ3v) is 4.30. The standard InChI is InChI=1S/C14H14Br2O4/c1-17-7-19-11-5-3-10-9(13(11)15)4-6-12(14(10)16)20-8-18-2/h3-6H,7-8H2,1-2H3. The van der Waals surface area contributed by atoms with Gasteiger partial charge in [-0.3, -0.25) is 0 Å². The highest BCUT2D eigenvalue weighted by atomic mass is 79.9. The second kappa shape index (κ2) is 7.26. The van der Waals surface area contributed by atoms with Gasteiger partial charge in [0.1, 0.15) is 11.5 Å². The first kappa shape index (κ1) is 15.6. The molecule has 0 aliphatic carbocycles. The predicted molar refractivity (Wildman–Crippen MR) is 84.4 cm³/mol. The van der Waals surface area contributed by atoms with Gasteiger partial charge < -0.3 is 18.9 Å². The average molecular weight is 406 g/mol. The lowest BCUT2D eigenvalue weighted by molar-refractivity contribution is 0.0503. The first-order valence-electron chi connectivity index (χ1n) is 5.83. The SMILES string of the molecule is COCOc1ccc2c(Br)c(OCOC)ccc2c1Br. The fourth-order valence-electron chi connectivity index (χ4n) is 1.76. The molecule has 20 heavy (non-hydrogen) atoms. The van der Waals surface area contributed by atoms with Crippen LogP contribution in [-0.2, 0) is 9.47 Å². The Morgan fingerprint density at radius 2 is 1.15 bits per heavy atom. The maximum Gasteiger partial charge on any atom is 0.188 e.